The summed E-state index contributed by atoms with van der Waals surface area (Å²) < 4.78 is 6.68. The molecular formula is C46H31NO. The molecule has 226 valence electrons. The van der Waals surface area contributed by atoms with Gasteiger partial charge in [0.05, 0.1) is 5.69 Å². The van der Waals surface area contributed by atoms with E-state index in [4.69, 9.17) is 4.74 Å². The van der Waals surface area contributed by atoms with Crippen molar-refractivity contribution in [3.8, 4) is 56.0 Å². The Morgan fingerprint density at radius 1 is 0.312 bits per heavy atom. The lowest BCUT2D eigenvalue weighted by Gasteiger charge is -2.29. The van der Waals surface area contributed by atoms with Crippen molar-refractivity contribution >= 4 is 27.8 Å². The first kappa shape index (κ1) is 27.9. The minimum Gasteiger partial charge on any atom is -0.456 e. The van der Waals surface area contributed by atoms with E-state index in [-0.39, 0.29) is 0 Å². The van der Waals surface area contributed by atoms with Gasteiger partial charge in [-0.3, -0.25) is 0 Å². The molecule has 1 aliphatic rings. The fraction of sp³-hybridized carbons (Fsp3) is 0. The number of benzene rings is 8. The van der Waals surface area contributed by atoms with Crippen molar-refractivity contribution in [3.05, 3.63) is 188 Å². The monoisotopic (exact) mass is 613 g/mol. The van der Waals surface area contributed by atoms with Crippen LogP contribution in [0.4, 0.5) is 17.1 Å². The van der Waals surface area contributed by atoms with E-state index >= 15 is 0 Å². The van der Waals surface area contributed by atoms with Gasteiger partial charge in [0.2, 0.25) is 0 Å². The molecule has 0 saturated heterocycles. The summed E-state index contributed by atoms with van der Waals surface area (Å²) in [4.78, 5) is 2.33. The number of rotatable bonds is 6. The summed E-state index contributed by atoms with van der Waals surface area (Å²) in [5, 5.41) is 2.27. The van der Waals surface area contributed by atoms with E-state index in [1.165, 1.54) is 38.9 Å². The lowest BCUT2D eigenvalue weighted by atomic mass is 9.90. The largest absolute Gasteiger partial charge is 0.456 e. The molecule has 0 fully saturated rings. The van der Waals surface area contributed by atoms with Gasteiger partial charge in [-0.15, -0.1) is 0 Å². The predicted molar refractivity (Wildman–Crippen MR) is 200 cm³/mol. The van der Waals surface area contributed by atoms with E-state index in [0.717, 1.165) is 44.9 Å². The standard InChI is InChI=1S/C46H31NO/c1-4-12-32(13-5-1)35-20-24-39(25-21-35)47(40-26-22-36(23-27-40)33-14-6-2-7-15-33)41-29-38-28-37(34-16-8-3-9-17-34)30-43-42-18-10-11-19-44(42)48-45(31-41)46(38)43/h1-31H. The van der Waals surface area contributed by atoms with E-state index in [1.54, 1.807) is 0 Å². The van der Waals surface area contributed by atoms with Crippen LogP contribution in [-0.2, 0) is 0 Å². The van der Waals surface area contributed by atoms with Crippen LogP contribution < -0.4 is 9.64 Å². The first-order valence-corrected chi connectivity index (χ1v) is 16.3. The summed E-state index contributed by atoms with van der Waals surface area (Å²) >= 11 is 0. The third kappa shape index (κ3) is 5.01. The highest BCUT2D eigenvalue weighted by Crippen LogP contribution is 2.50. The maximum absolute atomic E-state index is 6.68. The van der Waals surface area contributed by atoms with Gasteiger partial charge >= 0.3 is 0 Å². The molecule has 0 radical (unpaired) electrons. The summed E-state index contributed by atoms with van der Waals surface area (Å²) in [7, 11) is 0. The molecule has 0 atom stereocenters. The minimum atomic E-state index is 0.864. The van der Waals surface area contributed by atoms with Gasteiger partial charge in [0.15, 0.2) is 0 Å². The van der Waals surface area contributed by atoms with E-state index in [0.29, 0.717) is 0 Å². The zero-order valence-corrected chi connectivity index (χ0v) is 26.3. The molecule has 8 aromatic carbocycles. The Labute approximate surface area is 280 Å². The first-order chi connectivity index (χ1) is 23.8. The second-order valence-electron chi connectivity index (χ2n) is 12.2. The van der Waals surface area contributed by atoms with Gasteiger partial charge < -0.3 is 9.64 Å². The number of nitrogens with zero attached hydrogens (tertiary/aromatic N) is 1. The lowest BCUT2D eigenvalue weighted by molar-refractivity contribution is 0.487. The zero-order chi connectivity index (χ0) is 31.9. The molecule has 0 spiro atoms. The van der Waals surface area contributed by atoms with Crippen LogP contribution in [0.15, 0.2) is 188 Å². The smallest absolute Gasteiger partial charge is 0.138 e. The summed E-state index contributed by atoms with van der Waals surface area (Å²) in [6, 6.07) is 66.8. The number of para-hydroxylation sites is 1. The molecule has 2 nitrogen and oxygen atoms in total. The average molecular weight is 614 g/mol. The first-order valence-electron chi connectivity index (χ1n) is 16.3. The lowest BCUT2D eigenvalue weighted by Crippen LogP contribution is -2.10. The Kier molecular flexibility index (Phi) is 6.84. The summed E-state index contributed by atoms with van der Waals surface area (Å²) in [5.74, 6) is 1.74. The Morgan fingerprint density at radius 2 is 0.792 bits per heavy atom. The van der Waals surface area contributed by atoms with Gasteiger partial charge in [-0.25, -0.2) is 0 Å². The molecule has 0 aromatic heterocycles. The molecule has 2 heteroatoms. The number of anilines is 3. The van der Waals surface area contributed by atoms with Gasteiger partial charge in [0, 0.05) is 28.4 Å². The summed E-state index contributed by atoms with van der Waals surface area (Å²) in [5.41, 5.74) is 12.6. The second kappa shape index (κ2) is 11.8. The van der Waals surface area contributed by atoms with Crippen molar-refractivity contribution in [2.75, 3.05) is 4.90 Å². The van der Waals surface area contributed by atoms with Crippen molar-refractivity contribution in [2.45, 2.75) is 0 Å². The molecular weight excluding hydrogens is 583 g/mol. The van der Waals surface area contributed by atoms with Crippen LogP contribution in [0, 0.1) is 0 Å². The molecule has 0 bridgehead atoms. The van der Waals surface area contributed by atoms with Gasteiger partial charge in [0.1, 0.15) is 11.5 Å². The van der Waals surface area contributed by atoms with Crippen molar-refractivity contribution in [1.29, 1.82) is 0 Å². The van der Waals surface area contributed by atoms with Crippen LogP contribution in [0.1, 0.15) is 0 Å². The third-order valence-corrected chi connectivity index (χ3v) is 9.23. The van der Waals surface area contributed by atoms with Gasteiger partial charge in [0.25, 0.3) is 0 Å². The zero-order valence-electron chi connectivity index (χ0n) is 26.3. The maximum Gasteiger partial charge on any atom is 0.138 e. The number of ether oxygens (including phenoxy) is 1. The van der Waals surface area contributed by atoms with Crippen LogP contribution in [0.2, 0.25) is 0 Å². The molecule has 0 aliphatic carbocycles. The molecule has 1 heterocycles. The molecule has 0 saturated carbocycles. The van der Waals surface area contributed by atoms with Crippen LogP contribution in [-0.4, -0.2) is 0 Å². The fourth-order valence-corrected chi connectivity index (χ4v) is 6.89. The summed E-state index contributed by atoms with van der Waals surface area (Å²) in [6.07, 6.45) is 0. The topological polar surface area (TPSA) is 12.5 Å². The highest BCUT2D eigenvalue weighted by molar-refractivity contribution is 6.08. The Bertz CT molecular complexity index is 2300. The van der Waals surface area contributed by atoms with Gasteiger partial charge in [-0.05, 0) is 92.9 Å². The molecule has 8 aromatic rings. The predicted octanol–water partition coefficient (Wildman–Crippen LogP) is 13.1. The second-order valence-corrected chi connectivity index (χ2v) is 12.2. The normalized spacial score (nSPS) is 11.5. The van der Waals surface area contributed by atoms with Crippen molar-refractivity contribution in [1.82, 2.24) is 0 Å². The summed E-state index contributed by atoms with van der Waals surface area (Å²) in [6.45, 7) is 0. The Hall–Kier alpha value is -6.38. The van der Waals surface area contributed by atoms with Crippen LogP contribution in [0.25, 0.3) is 55.3 Å². The minimum absolute atomic E-state index is 0.864. The van der Waals surface area contributed by atoms with E-state index in [2.05, 4.69) is 187 Å². The van der Waals surface area contributed by atoms with Crippen molar-refractivity contribution in [2.24, 2.45) is 0 Å². The molecule has 48 heavy (non-hydrogen) atoms. The fourth-order valence-electron chi connectivity index (χ4n) is 6.89. The molecule has 1 aliphatic heterocycles. The SMILES string of the molecule is c1ccc(-c2ccc(N(c3ccc(-c4ccccc4)cc3)c3cc4c5c(cc(-c6ccccc6)cc5c3)-c3ccccc3O4)cc2)cc1. The van der Waals surface area contributed by atoms with Gasteiger partial charge in [-0.1, -0.05) is 133 Å². The highest BCUT2D eigenvalue weighted by atomic mass is 16.5. The van der Waals surface area contributed by atoms with Crippen molar-refractivity contribution in [3.63, 3.8) is 0 Å². The quantitative estimate of drug-likeness (QED) is 0.185. The molecule has 0 unspecified atom stereocenters. The van der Waals surface area contributed by atoms with Crippen LogP contribution in [0.5, 0.6) is 11.5 Å². The molecule has 0 amide bonds. The van der Waals surface area contributed by atoms with E-state index < -0.39 is 0 Å². The number of hydrogen-bond acceptors (Lipinski definition) is 2. The van der Waals surface area contributed by atoms with E-state index in [1.807, 2.05) is 6.07 Å². The average Bonchev–Trinajstić information content (AvgIpc) is 3.16. The Morgan fingerprint density at radius 3 is 1.35 bits per heavy atom. The highest BCUT2D eigenvalue weighted by Gasteiger charge is 2.24. The van der Waals surface area contributed by atoms with Crippen LogP contribution >= 0.6 is 0 Å². The van der Waals surface area contributed by atoms with Crippen LogP contribution in [0.3, 0.4) is 0 Å². The Balaban J connectivity index is 1.24. The van der Waals surface area contributed by atoms with Crippen molar-refractivity contribution < 1.29 is 4.74 Å². The van der Waals surface area contributed by atoms with Gasteiger partial charge in [-0.2, -0.15) is 0 Å². The molecule has 0 N–H and O–H groups in total. The molecule has 9 rings (SSSR count). The third-order valence-electron chi connectivity index (χ3n) is 9.23. The number of fused-ring (bicyclic) bond motifs is 2. The van der Waals surface area contributed by atoms with E-state index in [9.17, 15) is 0 Å². The number of hydrogen-bond donors (Lipinski definition) is 0. The maximum atomic E-state index is 6.68.